The lowest BCUT2D eigenvalue weighted by Crippen LogP contribution is -2.27. The largest absolute Gasteiger partial charge is 0.435 e. The van der Waals surface area contributed by atoms with Gasteiger partial charge in [-0.1, -0.05) is 0 Å². The van der Waals surface area contributed by atoms with E-state index < -0.39 is 35.2 Å². The summed E-state index contributed by atoms with van der Waals surface area (Å²) in [6.45, 7) is -5.07. The molecule has 0 amide bonds. The molecular weight excluding hydrogens is 501 g/mol. The number of rotatable bonds is 11. The third-order valence-electron chi connectivity index (χ3n) is 4.23. The van der Waals surface area contributed by atoms with Crippen molar-refractivity contribution < 1.29 is 39.8 Å². The maximum atomic E-state index is 13.5. The lowest BCUT2D eigenvalue weighted by atomic mass is 10.3. The van der Waals surface area contributed by atoms with Crippen LogP contribution in [0.1, 0.15) is 0 Å². The Labute approximate surface area is 196 Å². The molecule has 0 radical (unpaired) electrons. The summed E-state index contributed by atoms with van der Waals surface area (Å²) in [5, 5.41) is 5.52. The number of anilines is 4. The number of nitrogens with one attached hydrogen (secondary N) is 3. The summed E-state index contributed by atoms with van der Waals surface area (Å²) in [7, 11) is -2.78. The fourth-order valence-electron chi connectivity index (χ4n) is 2.67. The molecule has 35 heavy (non-hydrogen) atoms. The van der Waals surface area contributed by atoms with Crippen LogP contribution < -0.4 is 24.8 Å². The van der Waals surface area contributed by atoms with Crippen molar-refractivity contribution >= 4 is 33.0 Å². The van der Waals surface area contributed by atoms with Gasteiger partial charge < -0.3 is 20.1 Å². The van der Waals surface area contributed by atoms with Crippen molar-refractivity contribution in [3.8, 4) is 11.5 Å². The van der Waals surface area contributed by atoms with Gasteiger partial charge in [0.2, 0.25) is 10.0 Å². The first-order chi connectivity index (χ1) is 16.5. The molecule has 3 aromatic rings. The average Bonchev–Trinajstić information content (AvgIpc) is 2.81. The van der Waals surface area contributed by atoms with E-state index in [-0.39, 0.29) is 28.0 Å². The molecule has 0 unspecified atom stereocenters. The SMILES string of the molecule is CNS(=O)(=O)c1ccc(OC(F)(F)CF)c(Nc2cc(Nc3ccc(OC(F)F)cc3)ncn2)c1. The van der Waals surface area contributed by atoms with E-state index in [4.69, 9.17) is 0 Å². The Morgan fingerprint density at radius 1 is 1.00 bits per heavy atom. The third-order valence-corrected chi connectivity index (χ3v) is 5.64. The fraction of sp³-hybridized carbons (Fsp3) is 0.200. The van der Waals surface area contributed by atoms with E-state index in [9.17, 15) is 30.4 Å². The minimum atomic E-state index is -4.15. The topological polar surface area (TPSA) is 114 Å². The van der Waals surface area contributed by atoms with Crippen molar-refractivity contribution in [3.63, 3.8) is 0 Å². The monoisotopic (exact) mass is 519 g/mol. The Balaban J connectivity index is 1.87. The number of aromatic nitrogens is 2. The second kappa shape index (κ2) is 10.7. The van der Waals surface area contributed by atoms with E-state index >= 15 is 0 Å². The summed E-state index contributed by atoms with van der Waals surface area (Å²) in [5.74, 6) is -0.344. The van der Waals surface area contributed by atoms with E-state index in [1.165, 1.54) is 37.4 Å². The fourth-order valence-corrected chi connectivity index (χ4v) is 3.42. The molecule has 0 aliphatic heterocycles. The summed E-state index contributed by atoms with van der Waals surface area (Å²) >= 11 is 0. The molecule has 0 atom stereocenters. The number of hydrogen-bond donors (Lipinski definition) is 3. The third kappa shape index (κ3) is 7.13. The van der Waals surface area contributed by atoms with E-state index in [0.29, 0.717) is 5.69 Å². The highest BCUT2D eigenvalue weighted by molar-refractivity contribution is 7.89. The molecule has 1 aromatic heterocycles. The first kappa shape index (κ1) is 25.9. The van der Waals surface area contributed by atoms with Crippen LogP contribution in [0.4, 0.5) is 45.0 Å². The Morgan fingerprint density at radius 3 is 2.26 bits per heavy atom. The molecule has 0 aliphatic carbocycles. The normalized spacial score (nSPS) is 11.9. The van der Waals surface area contributed by atoms with Crippen molar-refractivity contribution in [1.82, 2.24) is 14.7 Å². The molecule has 188 valence electrons. The van der Waals surface area contributed by atoms with E-state index in [1.807, 2.05) is 0 Å². The Kier molecular flexibility index (Phi) is 7.91. The Bertz CT molecular complexity index is 1260. The number of halogens is 5. The first-order valence-corrected chi connectivity index (χ1v) is 11.1. The predicted molar refractivity (Wildman–Crippen MR) is 116 cm³/mol. The van der Waals surface area contributed by atoms with Gasteiger partial charge in [-0.25, -0.2) is 27.5 Å². The number of alkyl halides is 5. The number of benzene rings is 2. The predicted octanol–water partition coefficient (Wildman–Crippen LogP) is 4.41. The van der Waals surface area contributed by atoms with Crippen molar-refractivity contribution in [2.45, 2.75) is 17.6 Å². The molecule has 3 N–H and O–H groups in total. The van der Waals surface area contributed by atoms with Crippen molar-refractivity contribution in [2.75, 3.05) is 24.4 Å². The number of hydrogen-bond acceptors (Lipinski definition) is 8. The van der Waals surface area contributed by atoms with Crippen LogP contribution in [0.3, 0.4) is 0 Å². The molecule has 3 rings (SSSR count). The van der Waals surface area contributed by atoms with E-state index in [2.05, 4.69) is 34.8 Å². The minimum Gasteiger partial charge on any atom is -0.435 e. The van der Waals surface area contributed by atoms with Gasteiger partial charge in [-0.3, -0.25) is 0 Å². The zero-order valence-electron chi connectivity index (χ0n) is 17.8. The maximum Gasteiger partial charge on any atom is 0.427 e. The number of sulfonamides is 1. The van der Waals surface area contributed by atoms with Gasteiger partial charge >= 0.3 is 12.7 Å². The summed E-state index contributed by atoms with van der Waals surface area (Å²) < 4.78 is 99.2. The van der Waals surface area contributed by atoms with Crippen LogP contribution in [0, 0.1) is 0 Å². The van der Waals surface area contributed by atoms with Crippen LogP contribution in [-0.4, -0.2) is 44.8 Å². The highest BCUT2D eigenvalue weighted by Crippen LogP contribution is 2.34. The van der Waals surface area contributed by atoms with Gasteiger partial charge in [0, 0.05) is 11.8 Å². The zero-order chi connectivity index (χ0) is 25.6. The Morgan fingerprint density at radius 2 is 1.66 bits per heavy atom. The van der Waals surface area contributed by atoms with Gasteiger partial charge in [-0.2, -0.15) is 17.6 Å². The van der Waals surface area contributed by atoms with Gasteiger partial charge in [0.05, 0.1) is 10.6 Å². The lowest BCUT2D eigenvalue weighted by molar-refractivity contribution is -0.186. The smallest absolute Gasteiger partial charge is 0.427 e. The zero-order valence-corrected chi connectivity index (χ0v) is 18.6. The summed E-state index contributed by atoms with van der Waals surface area (Å²) in [6, 6.07) is 9.81. The molecule has 0 saturated heterocycles. The van der Waals surface area contributed by atoms with E-state index in [1.54, 1.807) is 0 Å². The van der Waals surface area contributed by atoms with Crippen LogP contribution in [0.25, 0.3) is 0 Å². The highest BCUT2D eigenvalue weighted by atomic mass is 32.2. The van der Waals surface area contributed by atoms with Gasteiger partial charge in [0.25, 0.3) is 0 Å². The van der Waals surface area contributed by atoms with Gasteiger partial charge in [-0.15, -0.1) is 0 Å². The molecule has 1 heterocycles. The molecule has 0 spiro atoms. The van der Waals surface area contributed by atoms with Crippen LogP contribution >= 0.6 is 0 Å². The molecule has 0 saturated carbocycles. The van der Waals surface area contributed by atoms with Crippen LogP contribution in [0.15, 0.2) is 59.8 Å². The van der Waals surface area contributed by atoms with Gasteiger partial charge in [-0.05, 0) is 49.5 Å². The minimum absolute atomic E-state index is 0.0348. The number of ether oxygens (including phenoxy) is 2. The second-order valence-electron chi connectivity index (χ2n) is 6.68. The lowest BCUT2D eigenvalue weighted by Gasteiger charge is -2.19. The van der Waals surface area contributed by atoms with Crippen LogP contribution in [0.2, 0.25) is 0 Å². The second-order valence-corrected chi connectivity index (χ2v) is 8.57. The summed E-state index contributed by atoms with van der Waals surface area (Å²) in [4.78, 5) is 7.66. The van der Waals surface area contributed by atoms with Gasteiger partial charge in [0.1, 0.15) is 29.5 Å². The van der Waals surface area contributed by atoms with Crippen LogP contribution in [0.5, 0.6) is 11.5 Å². The number of nitrogens with zero attached hydrogens (tertiary/aromatic N) is 2. The molecule has 0 aliphatic rings. The van der Waals surface area contributed by atoms with Crippen molar-refractivity contribution in [3.05, 3.63) is 54.9 Å². The van der Waals surface area contributed by atoms with Crippen molar-refractivity contribution in [2.24, 2.45) is 0 Å². The molecule has 9 nitrogen and oxygen atoms in total. The standard InChI is InChI=1S/C20H18F5N5O4S/c1-26-35(31,32)14-6-7-16(34-20(24,25)10-21)15(8-14)30-18-9-17(27-11-28-18)29-12-2-4-13(5-3-12)33-19(22)23/h2-9,11,19,26H,10H2,1H3,(H2,27,28,29,30). The van der Waals surface area contributed by atoms with Crippen molar-refractivity contribution in [1.29, 1.82) is 0 Å². The van der Waals surface area contributed by atoms with E-state index in [0.717, 1.165) is 24.5 Å². The highest BCUT2D eigenvalue weighted by Gasteiger charge is 2.33. The van der Waals surface area contributed by atoms with Crippen LogP contribution in [-0.2, 0) is 10.0 Å². The first-order valence-electron chi connectivity index (χ1n) is 9.63. The molecule has 0 fully saturated rings. The Hall–Kier alpha value is -3.72. The molecule has 15 heteroatoms. The van der Waals surface area contributed by atoms with Gasteiger partial charge in [0.15, 0.2) is 6.67 Å². The molecule has 0 bridgehead atoms. The quantitative estimate of drug-likeness (QED) is 0.319. The average molecular weight is 519 g/mol. The summed E-state index contributed by atoms with van der Waals surface area (Å²) in [5.41, 5.74) is 0.206. The molecule has 2 aromatic carbocycles. The molecular formula is C20H18F5N5O4S. The summed E-state index contributed by atoms with van der Waals surface area (Å²) in [6.07, 6.45) is -3.04. The maximum absolute atomic E-state index is 13.5.